The van der Waals surface area contributed by atoms with Gasteiger partial charge in [-0.3, -0.25) is 4.79 Å². The first-order chi connectivity index (χ1) is 9.19. The smallest absolute Gasteiger partial charge is 0.251 e. The van der Waals surface area contributed by atoms with Gasteiger partial charge in [-0.05, 0) is 42.0 Å². The average molecular weight is 256 g/mol. The molecule has 0 atom stereocenters. The molecule has 19 heavy (non-hydrogen) atoms. The first-order valence-electron chi connectivity index (χ1n) is 5.96. The minimum atomic E-state index is -0.115. The van der Waals surface area contributed by atoms with Crippen molar-refractivity contribution in [1.82, 2.24) is 5.32 Å². The number of nitrogens with two attached hydrogens (primary N) is 1. The number of amides is 1. The molecular formula is C15H16N2O2. The van der Waals surface area contributed by atoms with Crippen LogP contribution >= 0.6 is 0 Å². The van der Waals surface area contributed by atoms with Crippen molar-refractivity contribution in [3.8, 4) is 5.75 Å². The second kappa shape index (κ2) is 5.91. The van der Waals surface area contributed by atoms with Crippen molar-refractivity contribution in [2.24, 2.45) is 0 Å². The predicted octanol–water partition coefficient (Wildman–Crippen LogP) is 2.21. The van der Waals surface area contributed by atoms with Gasteiger partial charge in [0.1, 0.15) is 5.75 Å². The monoisotopic (exact) mass is 256 g/mol. The highest BCUT2D eigenvalue weighted by Crippen LogP contribution is 2.11. The Balaban J connectivity index is 1.94. The molecule has 0 bridgehead atoms. The number of methoxy groups -OCH3 is 1. The lowest BCUT2D eigenvalue weighted by Crippen LogP contribution is -2.22. The number of anilines is 1. The summed E-state index contributed by atoms with van der Waals surface area (Å²) in [6, 6.07) is 14.4. The number of nitrogen functional groups attached to an aromatic ring is 1. The van der Waals surface area contributed by atoms with Crippen LogP contribution in [-0.4, -0.2) is 13.0 Å². The van der Waals surface area contributed by atoms with Crippen LogP contribution in [-0.2, 0) is 6.54 Å². The maximum Gasteiger partial charge on any atom is 0.251 e. The SMILES string of the molecule is COc1ccc(CNC(=O)c2ccc(N)cc2)cc1. The lowest BCUT2D eigenvalue weighted by Gasteiger charge is -2.06. The highest BCUT2D eigenvalue weighted by molar-refractivity contribution is 5.94. The molecule has 98 valence electrons. The highest BCUT2D eigenvalue weighted by Gasteiger charge is 2.04. The van der Waals surface area contributed by atoms with Crippen molar-refractivity contribution in [1.29, 1.82) is 0 Å². The normalized spacial score (nSPS) is 9.95. The molecule has 0 spiro atoms. The second-order valence-electron chi connectivity index (χ2n) is 4.15. The van der Waals surface area contributed by atoms with E-state index in [9.17, 15) is 4.79 Å². The van der Waals surface area contributed by atoms with E-state index in [1.165, 1.54) is 0 Å². The molecule has 0 aliphatic heterocycles. The summed E-state index contributed by atoms with van der Waals surface area (Å²) in [5.41, 5.74) is 7.84. The molecule has 2 rings (SSSR count). The molecular weight excluding hydrogens is 240 g/mol. The molecule has 4 heteroatoms. The molecule has 0 aliphatic carbocycles. The average Bonchev–Trinajstić information content (AvgIpc) is 2.46. The van der Waals surface area contributed by atoms with Gasteiger partial charge >= 0.3 is 0 Å². The lowest BCUT2D eigenvalue weighted by molar-refractivity contribution is 0.0951. The van der Waals surface area contributed by atoms with Gasteiger partial charge in [0.25, 0.3) is 5.91 Å². The Labute approximate surface area is 112 Å². The van der Waals surface area contributed by atoms with Crippen molar-refractivity contribution in [3.63, 3.8) is 0 Å². The van der Waals surface area contributed by atoms with E-state index in [0.717, 1.165) is 11.3 Å². The number of carbonyl (C=O) groups excluding carboxylic acids is 1. The first kappa shape index (κ1) is 13.0. The zero-order chi connectivity index (χ0) is 13.7. The Bertz CT molecular complexity index is 547. The van der Waals surface area contributed by atoms with E-state index >= 15 is 0 Å². The third kappa shape index (κ3) is 3.48. The zero-order valence-corrected chi connectivity index (χ0v) is 10.7. The Morgan fingerprint density at radius 3 is 2.32 bits per heavy atom. The fourth-order valence-corrected chi connectivity index (χ4v) is 1.66. The van der Waals surface area contributed by atoms with Crippen LogP contribution < -0.4 is 15.8 Å². The fraction of sp³-hybridized carbons (Fsp3) is 0.133. The predicted molar refractivity (Wildman–Crippen MR) is 75.0 cm³/mol. The van der Waals surface area contributed by atoms with Crippen LogP contribution in [0.1, 0.15) is 15.9 Å². The first-order valence-corrected chi connectivity index (χ1v) is 5.96. The van der Waals surface area contributed by atoms with Crippen molar-refractivity contribution < 1.29 is 9.53 Å². The molecule has 0 aliphatic rings. The van der Waals surface area contributed by atoms with E-state index in [4.69, 9.17) is 10.5 Å². The molecule has 3 N–H and O–H groups in total. The number of hydrogen-bond acceptors (Lipinski definition) is 3. The van der Waals surface area contributed by atoms with Crippen LogP contribution in [0.15, 0.2) is 48.5 Å². The van der Waals surface area contributed by atoms with Gasteiger partial charge in [-0.15, -0.1) is 0 Å². The third-order valence-electron chi connectivity index (χ3n) is 2.78. The number of ether oxygens (including phenoxy) is 1. The largest absolute Gasteiger partial charge is 0.497 e. The third-order valence-corrected chi connectivity index (χ3v) is 2.78. The highest BCUT2D eigenvalue weighted by atomic mass is 16.5. The fourth-order valence-electron chi connectivity index (χ4n) is 1.66. The standard InChI is InChI=1S/C15H16N2O2/c1-19-14-8-2-11(3-9-14)10-17-15(18)12-4-6-13(16)7-5-12/h2-9H,10,16H2,1H3,(H,17,18). The van der Waals surface area contributed by atoms with Crippen molar-refractivity contribution in [2.45, 2.75) is 6.54 Å². The van der Waals surface area contributed by atoms with Crippen LogP contribution in [0.25, 0.3) is 0 Å². The zero-order valence-electron chi connectivity index (χ0n) is 10.7. The van der Waals surface area contributed by atoms with E-state index in [0.29, 0.717) is 17.8 Å². The Hall–Kier alpha value is -2.49. The van der Waals surface area contributed by atoms with Gasteiger partial charge in [0.05, 0.1) is 7.11 Å². The maximum absolute atomic E-state index is 11.9. The van der Waals surface area contributed by atoms with Crippen LogP contribution in [0.2, 0.25) is 0 Å². The minimum absolute atomic E-state index is 0.115. The summed E-state index contributed by atoms with van der Waals surface area (Å²) in [5, 5.41) is 2.85. The molecule has 0 radical (unpaired) electrons. The molecule has 2 aromatic rings. The van der Waals surface area contributed by atoms with E-state index in [2.05, 4.69) is 5.32 Å². The van der Waals surface area contributed by atoms with Gasteiger partial charge in [-0.1, -0.05) is 12.1 Å². The van der Waals surface area contributed by atoms with Crippen LogP contribution in [0.3, 0.4) is 0 Å². The minimum Gasteiger partial charge on any atom is -0.497 e. The van der Waals surface area contributed by atoms with Gasteiger partial charge in [-0.25, -0.2) is 0 Å². The van der Waals surface area contributed by atoms with E-state index in [1.54, 1.807) is 31.4 Å². The van der Waals surface area contributed by atoms with Crippen LogP contribution in [0, 0.1) is 0 Å². The lowest BCUT2D eigenvalue weighted by atomic mass is 10.2. The summed E-state index contributed by atoms with van der Waals surface area (Å²) in [7, 11) is 1.62. The molecule has 2 aromatic carbocycles. The summed E-state index contributed by atoms with van der Waals surface area (Å²) in [6.07, 6.45) is 0. The van der Waals surface area contributed by atoms with E-state index < -0.39 is 0 Å². The number of benzene rings is 2. The summed E-state index contributed by atoms with van der Waals surface area (Å²) in [5.74, 6) is 0.685. The van der Waals surface area contributed by atoms with Crippen molar-refractivity contribution >= 4 is 11.6 Å². The topological polar surface area (TPSA) is 64.3 Å². The number of carbonyl (C=O) groups is 1. The molecule has 0 aromatic heterocycles. The maximum atomic E-state index is 11.9. The second-order valence-corrected chi connectivity index (χ2v) is 4.15. The van der Waals surface area contributed by atoms with Crippen molar-refractivity contribution in [2.75, 3.05) is 12.8 Å². The number of rotatable bonds is 4. The quantitative estimate of drug-likeness (QED) is 0.824. The van der Waals surface area contributed by atoms with Gasteiger partial charge in [0.2, 0.25) is 0 Å². The van der Waals surface area contributed by atoms with Crippen LogP contribution in [0.4, 0.5) is 5.69 Å². The summed E-state index contributed by atoms with van der Waals surface area (Å²) >= 11 is 0. The summed E-state index contributed by atoms with van der Waals surface area (Å²) in [6.45, 7) is 0.479. The molecule has 0 fully saturated rings. The van der Waals surface area contributed by atoms with E-state index in [1.807, 2.05) is 24.3 Å². The van der Waals surface area contributed by atoms with Crippen molar-refractivity contribution in [3.05, 3.63) is 59.7 Å². The van der Waals surface area contributed by atoms with Gasteiger partial charge in [0.15, 0.2) is 0 Å². The molecule has 4 nitrogen and oxygen atoms in total. The Kier molecular flexibility index (Phi) is 4.03. The van der Waals surface area contributed by atoms with Gasteiger partial charge in [0, 0.05) is 17.8 Å². The van der Waals surface area contributed by atoms with Crippen LogP contribution in [0.5, 0.6) is 5.75 Å². The van der Waals surface area contributed by atoms with Gasteiger partial charge < -0.3 is 15.8 Å². The molecule has 0 saturated carbocycles. The molecule has 0 unspecified atom stereocenters. The number of hydrogen-bond donors (Lipinski definition) is 2. The summed E-state index contributed by atoms with van der Waals surface area (Å²) < 4.78 is 5.08. The number of nitrogens with one attached hydrogen (secondary N) is 1. The molecule has 1 amide bonds. The molecule has 0 heterocycles. The van der Waals surface area contributed by atoms with Gasteiger partial charge in [-0.2, -0.15) is 0 Å². The Morgan fingerprint density at radius 1 is 1.11 bits per heavy atom. The van der Waals surface area contributed by atoms with E-state index in [-0.39, 0.29) is 5.91 Å². The summed E-state index contributed by atoms with van der Waals surface area (Å²) in [4.78, 5) is 11.9. The Morgan fingerprint density at radius 2 is 1.74 bits per heavy atom. The molecule has 0 saturated heterocycles.